The van der Waals surface area contributed by atoms with Crippen LogP contribution < -0.4 is 14.8 Å². The molecule has 0 unspecified atom stereocenters. The summed E-state index contributed by atoms with van der Waals surface area (Å²) < 4.78 is 27.5. The minimum absolute atomic E-state index is 0.193. The van der Waals surface area contributed by atoms with Crippen LogP contribution in [-0.2, 0) is 16.0 Å². The van der Waals surface area contributed by atoms with Crippen LogP contribution in [0.15, 0.2) is 49.4 Å². The predicted molar refractivity (Wildman–Crippen MR) is 190 cm³/mol. The van der Waals surface area contributed by atoms with Crippen LogP contribution >= 0.6 is 0 Å². The Balaban J connectivity index is 1.05. The number of methoxy groups -OCH3 is 1. The fraction of sp³-hybridized carbons (Fsp3) is 0.568. The van der Waals surface area contributed by atoms with Gasteiger partial charge < -0.3 is 24.3 Å². The van der Waals surface area contributed by atoms with Crippen LogP contribution in [0.3, 0.4) is 0 Å². The molecule has 1 saturated carbocycles. The third-order valence-corrected chi connectivity index (χ3v) is 10.2. The molecule has 2 saturated heterocycles. The molecule has 0 spiro atoms. The van der Waals surface area contributed by atoms with E-state index in [1.807, 2.05) is 25.3 Å². The largest absolute Gasteiger partial charge is 0.487 e. The molecule has 3 atom stereocenters. The van der Waals surface area contributed by atoms with Crippen LogP contribution in [0.2, 0.25) is 0 Å². The van der Waals surface area contributed by atoms with Gasteiger partial charge in [0.05, 0.1) is 50.8 Å². The van der Waals surface area contributed by atoms with Crippen molar-refractivity contribution in [2.24, 2.45) is 5.41 Å². The van der Waals surface area contributed by atoms with Crippen molar-refractivity contribution in [3.8, 4) is 28.8 Å². The average molecular weight is 697 g/mol. The quantitative estimate of drug-likeness (QED) is 0.180. The van der Waals surface area contributed by atoms with Crippen molar-refractivity contribution in [1.29, 1.82) is 5.26 Å². The zero-order valence-electron chi connectivity index (χ0n) is 29.9. The number of hydrogen-bond acceptors (Lipinski definition) is 12. The second-order valence-electron chi connectivity index (χ2n) is 14.8. The topological polar surface area (TPSA) is 150 Å². The first-order valence-corrected chi connectivity index (χ1v) is 18.0. The average Bonchev–Trinajstić information content (AvgIpc) is 3.85. The number of nitriles is 1. The molecule has 1 N–H and O–H groups in total. The van der Waals surface area contributed by atoms with Gasteiger partial charge in [0.25, 0.3) is 5.88 Å². The molecule has 2 bridgehead atoms. The number of rotatable bonds is 14. The minimum atomic E-state index is -0.232. The minimum Gasteiger partial charge on any atom is -0.487 e. The Bertz CT molecular complexity index is 1760. The van der Waals surface area contributed by atoms with Gasteiger partial charge in [0.15, 0.2) is 0 Å². The molecule has 3 fully saturated rings. The van der Waals surface area contributed by atoms with Gasteiger partial charge in [-0.25, -0.2) is 19.6 Å². The maximum Gasteiger partial charge on any atom is 0.256 e. The van der Waals surface area contributed by atoms with E-state index in [9.17, 15) is 5.26 Å². The lowest BCUT2D eigenvalue weighted by Gasteiger charge is -2.43. The molecule has 2 aliphatic heterocycles. The molecule has 270 valence electrons. The number of nitrogens with one attached hydrogen (secondary N) is 1. The highest BCUT2D eigenvalue weighted by Crippen LogP contribution is 2.40. The lowest BCUT2D eigenvalue weighted by Crippen LogP contribution is -2.52. The van der Waals surface area contributed by atoms with Gasteiger partial charge in [-0.1, -0.05) is 19.9 Å². The smallest absolute Gasteiger partial charge is 0.256 e. The highest BCUT2D eigenvalue weighted by Gasteiger charge is 2.42. The molecule has 5 heterocycles. The number of morpholine rings is 1. The Morgan fingerprint density at radius 3 is 2.41 bits per heavy atom. The zero-order valence-corrected chi connectivity index (χ0v) is 29.9. The van der Waals surface area contributed by atoms with E-state index in [0.717, 1.165) is 55.7 Å². The zero-order chi connectivity index (χ0) is 35.4. The predicted octanol–water partition coefficient (Wildman–Crippen LogP) is 5.41. The van der Waals surface area contributed by atoms with Crippen molar-refractivity contribution in [3.63, 3.8) is 0 Å². The standard InChI is InChI=1S/C37H48N10O4/c1-25(17-45-24-39-23-42-45)51-34-13-26(5-6-27(34)14-38)28-15-40-36(41-16-28)43-33-18-46(44-35(33)50-22-37(2,3)21-48-4)29-7-9-30(10-8-29)47-31-11-12-32(47)20-49-19-31/h5-6,13,15-16,18,23-25,29-32H,7-12,17,19-22H2,1-4H3,(H,40,41,43)/t25-,29?,30?,31-,32+/m0/s1. The van der Waals surface area contributed by atoms with Crippen LogP contribution in [0.4, 0.5) is 11.6 Å². The second kappa shape index (κ2) is 15.3. The summed E-state index contributed by atoms with van der Waals surface area (Å²) in [7, 11) is 1.70. The first-order chi connectivity index (χ1) is 24.8. The molecule has 3 aromatic heterocycles. The van der Waals surface area contributed by atoms with E-state index in [1.54, 1.807) is 36.6 Å². The number of aromatic nitrogens is 7. The fourth-order valence-electron chi connectivity index (χ4n) is 7.73. The van der Waals surface area contributed by atoms with Crippen molar-refractivity contribution in [2.45, 2.75) is 96.1 Å². The molecule has 14 nitrogen and oxygen atoms in total. The van der Waals surface area contributed by atoms with Gasteiger partial charge in [-0.05, 0) is 63.1 Å². The van der Waals surface area contributed by atoms with Crippen molar-refractivity contribution >= 4 is 11.6 Å². The maximum absolute atomic E-state index is 9.71. The number of ether oxygens (including phenoxy) is 4. The van der Waals surface area contributed by atoms with Gasteiger partial charge in [-0.2, -0.15) is 10.4 Å². The van der Waals surface area contributed by atoms with Crippen LogP contribution in [0.1, 0.15) is 70.9 Å². The molecule has 1 aromatic carbocycles. The van der Waals surface area contributed by atoms with Gasteiger partial charge in [0, 0.05) is 48.6 Å². The molecule has 3 aliphatic rings. The van der Waals surface area contributed by atoms with Crippen molar-refractivity contribution < 1.29 is 18.9 Å². The van der Waals surface area contributed by atoms with Crippen LogP contribution in [0.25, 0.3) is 11.1 Å². The number of benzene rings is 1. The van der Waals surface area contributed by atoms with E-state index in [0.29, 0.717) is 67.1 Å². The number of anilines is 2. The highest BCUT2D eigenvalue weighted by molar-refractivity contribution is 5.67. The second-order valence-corrected chi connectivity index (χ2v) is 14.8. The molecule has 1 aliphatic carbocycles. The van der Waals surface area contributed by atoms with E-state index in [2.05, 4.69) is 54.9 Å². The molecule has 51 heavy (non-hydrogen) atoms. The van der Waals surface area contributed by atoms with Gasteiger partial charge in [0.1, 0.15) is 36.3 Å². The van der Waals surface area contributed by atoms with E-state index < -0.39 is 0 Å². The Morgan fingerprint density at radius 1 is 1.00 bits per heavy atom. The maximum atomic E-state index is 9.71. The summed E-state index contributed by atoms with van der Waals surface area (Å²) in [6.45, 7) is 9.41. The summed E-state index contributed by atoms with van der Waals surface area (Å²) in [5.41, 5.74) is 2.60. The van der Waals surface area contributed by atoms with Crippen molar-refractivity contribution in [1.82, 2.24) is 39.4 Å². The Hall–Kier alpha value is -4.58. The Labute approximate surface area is 299 Å². The summed E-state index contributed by atoms with van der Waals surface area (Å²) in [4.78, 5) is 16.0. The fourth-order valence-corrected chi connectivity index (χ4v) is 7.73. The molecule has 14 heteroatoms. The number of fused-ring (bicyclic) bond motifs is 2. The monoisotopic (exact) mass is 696 g/mol. The van der Waals surface area contributed by atoms with Gasteiger partial charge in [-0.15, -0.1) is 5.10 Å². The summed E-state index contributed by atoms with van der Waals surface area (Å²) in [5.74, 6) is 1.44. The van der Waals surface area contributed by atoms with E-state index in [1.165, 1.54) is 19.2 Å². The summed E-state index contributed by atoms with van der Waals surface area (Å²) in [5, 5.41) is 22.2. The van der Waals surface area contributed by atoms with Gasteiger partial charge in [0.2, 0.25) is 5.95 Å². The molecule has 7 rings (SSSR count). The van der Waals surface area contributed by atoms with E-state index >= 15 is 0 Å². The summed E-state index contributed by atoms with van der Waals surface area (Å²) >= 11 is 0. The molecular weight excluding hydrogens is 648 g/mol. The Kier molecular flexibility index (Phi) is 10.5. The van der Waals surface area contributed by atoms with E-state index in [-0.39, 0.29) is 11.5 Å². The summed E-state index contributed by atoms with van der Waals surface area (Å²) in [6.07, 6.45) is 15.4. The van der Waals surface area contributed by atoms with Gasteiger partial charge >= 0.3 is 0 Å². The summed E-state index contributed by atoms with van der Waals surface area (Å²) in [6, 6.07) is 9.77. The first-order valence-electron chi connectivity index (χ1n) is 18.0. The SMILES string of the molecule is COCC(C)(C)COc1nn(C2CCC(N3[C@@H]4CC[C@H]3COC4)CC2)cc1Nc1ncc(-c2ccc(C#N)c(O[C@@H](C)Cn3cncn3)c2)cn1. The van der Waals surface area contributed by atoms with Crippen LogP contribution in [-0.4, -0.2) is 97.2 Å². The molecular formula is C37H48N10O4. The van der Waals surface area contributed by atoms with Gasteiger partial charge in [-0.3, -0.25) is 9.58 Å². The van der Waals surface area contributed by atoms with Crippen molar-refractivity contribution in [3.05, 3.63) is 55.0 Å². The molecule has 0 radical (unpaired) electrons. The third-order valence-electron chi connectivity index (χ3n) is 10.2. The van der Waals surface area contributed by atoms with Crippen LogP contribution in [0.5, 0.6) is 11.6 Å². The van der Waals surface area contributed by atoms with Crippen molar-refractivity contribution in [2.75, 3.05) is 38.9 Å². The number of hydrogen-bond donors (Lipinski definition) is 1. The van der Waals surface area contributed by atoms with Crippen LogP contribution in [0, 0.1) is 16.7 Å². The first kappa shape index (κ1) is 34.9. The third kappa shape index (κ3) is 8.16. The Morgan fingerprint density at radius 2 is 1.73 bits per heavy atom. The molecule has 4 aromatic rings. The molecule has 0 amide bonds. The lowest BCUT2D eigenvalue weighted by atomic mass is 9.89. The normalized spacial score (nSPS) is 22.7. The van der Waals surface area contributed by atoms with E-state index in [4.69, 9.17) is 24.0 Å². The lowest BCUT2D eigenvalue weighted by molar-refractivity contribution is -0.0458. The highest BCUT2D eigenvalue weighted by atomic mass is 16.5. The number of nitrogens with zero attached hydrogens (tertiary/aromatic N) is 9.